The molecule has 42 heavy (non-hydrogen) atoms. The molecule has 0 unspecified atom stereocenters. The molecule has 1 aromatic carbocycles. The third-order valence-electron chi connectivity index (χ3n) is 5.88. The zero-order chi connectivity index (χ0) is 31.1. The van der Waals surface area contributed by atoms with E-state index in [-0.39, 0.29) is 12.2 Å². The van der Waals surface area contributed by atoms with Crippen molar-refractivity contribution in [2.24, 2.45) is 0 Å². The van der Waals surface area contributed by atoms with Crippen molar-refractivity contribution in [1.82, 2.24) is 20.2 Å². The summed E-state index contributed by atoms with van der Waals surface area (Å²) in [4.78, 5) is 16.5. The summed E-state index contributed by atoms with van der Waals surface area (Å²) in [6, 6.07) is 5.02. The average Bonchev–Trinajstić information content (AvgIpc) is 3.18. The summed E-state index contributed by atoms with van der Waals surface area (Å²) in [7, 11) is -1.22. The summed E-state index contributed by atoms with van der Waals surface area (Å²) >= 11 is 8.86. The van der Waals surface area contributed by atoms with E-state index in [0.717, 1.165) is 6.04 Å². The van der Waals surface area contributed by atoms with Gasteiger partial charge in [-0.15, -0.1) is 0 Å². The van der Waals surface area contributed by atoms with Crippen LogP contribution in [0.1, 0.15) is 32.8 Å². The Kier molecular flexibility index (Phi) is 11.9. The Balaban J connectivity index is 1.59. The van der Waals surface area contributed by atoms with Crippen LogP contribution in [0, 0.1) is 11.6 Å². The monoisotopic (exact) mass is 684 g/mol. The third-order valence-corrected chi connectivity index (χ3v) is 8.47. The highest BCUT2D eigenvalue weighted by Crippen LogP contribution is 2.37. The topological polar surface area (TPSA) is 86.6 Å². The van der Waals surface area contributed by atoms with Gasteiger partial charge in [0.1, 0.15) is 23.7 Å². The van der Waals surface area contributed by atoms with E-state index in [4.69, 9.17) is 26.4 Å². The smallest absolute Gasteiger partial charge is 0.407 e. The number of benzene rings is 1. The minimum absolute atomic E-state index is 0.147. The van der Waals surface area contributed by atoms with E-state index >= 15 is 8.78 Å². The number of amides is 1. The van der Waals surface area contributed by atoms with E-state index in [0.29, 0.717) is 58.9 Å². The highest BCUT2D eigenvalue weighted by Gasteiger charge is 2.20. The van der Waals surface area contributed by atoms with Gasteiger partial charge in [0, 0.05) is 51.1 Å². The van der Waals surface area contributed by atoms with Crippen molar-refractivity contribution < 1.29 is 27.8 Å². The molecule has 0 aliphatic rings. The summed E-state index contributed by atoms with van der Waals surface area (Å²) in [5, 5.41) is 6.29. The quantitative estimate of drug-likeness (QED) is 0.109. The van der Waals surface area contributed by atoms with Crippen LogP contribution < -0.4 is 15.4 Å². The number of hydrogen-bond acceptors (Lipinski definition) is 6. The highest BCUT2D eigenvalue weighted by atomic mass is 79.9. The SMILES string of the molecule is CC(C)(C)OC(=O)NCCCNC(=S)Cc1cc(F)c(Oc2ccnc3c2c(Br)cn3COCC[Si](C)(C)C)c(F)c1. The highest BCUT2D eigenvalue weighted by molar-refractivity contribution is 9.10. The van der Waals surface area contributed by atoms with Crippen molar-refractivity contribution in [3.8, 4) is 11.5 Å². The molecule has 0 fully saturated rings. The second kappa shape index (κ2) is 14.7. The number of rotatable bonds is 13. The van der Waals surface area contributed by atoms with E-state index in [1.165, 1.54) is 18.3 Å². The molecule has 0 saturated heterocycles. The van der Waals surface area contributed by atoms with Crippen molar-refractivity contribution in [1.29, 1.82) is 0 Å². The normalized spacial score (nSPS) is 11.9. The lowest BCUT2D eigenvalue weighted by molar-refractivity contribution is 0.0527. The first-order valence-corrected chi connectivity index (χ1v) is 18.6. The van der Waals surface area contributed by atoms with Crippen LogP contribution >= 0.6 is 28.1 Å². The lowest BCUT2D eigenvalue weighted by Crippen LogP contribution is -2.34. The van der Waals surface area contributed by atoms with Gasteiger partial charge in [-0.25, -0.2) is 18.6 Å². The zero-order valence-electron chi connectivity index (χ0n) is 24.9. The second-order valence-electron chi connectivity index (χ2n) is 12.1. The molecule has 3 rings (SSSR count). The summed E-state index contributed by atoms with van der Waals surface area (Å²) in [6.45, 7) is 14.1. The molecular weight excluding hydrogens is 646 g/mol. The van der Waals surface area contributed by atoms with Gasteiger partial charge < -0.3 is 29.4 Å². The molecule has 0 saturated carbocycles. The molecule has 0 aliphatic heterocycles. The van der Waals surface area contributed by atoms with Crippen molar-refractivity contribution in [3.63, 3.8) is 0 Å². The lowest BCUT2D eigenvalue weighted by Gasteiger charge is -2.19. The predicted octanol–water partition coefficient (Wildman–Crippen LogP) is 7.56. The fraction of sp³-hybridized carbons (Fsp3) is 0.483. The minimum atomic E-state index is -1.22. The number of carbonyl (C=O) groups is 1. The van der Waals surface area contributed by atoms with Crippen LogP contribution in [0.2, 0.25) is 25.7 Å². The molecule has 8 nitrogen and oxygen atoms in total. The van der Waals surface area contributed by atoms with Crippen molar-refractivity contribution in [2.75, 3.05) is 19.7 Å². The number of halogens is 3. The van der Waals surface area contributed by atoms with E-state index < -0.39 is 37.2 Å². The lowest BCUT2D eigenvalue weighted by atomic mass is 10.1. The molecular formula is C29H39BrF2N4O4SSi. The number of carbonyl (C=O) groups excluding carboxylic acids is 1. The first-order chi connectivity index (χ1) is 19.6. The number of fused-ring (bicyclic) bond motifs is 1. The fourth-order valence-corrected chi connectivity index (χ4v) is 5.50. The van der Waals surface area contributed by atoms with Crippen LogP contribution in [0.15, 0.2) is 35.1 Å². The second-order valence-corrected chi connectivity index (χ2v) is 19.1. The van der Waals surface area contributed by atoms with Crippen LogP contribution in [-0.2, 0) is 22.6 Å². The fourth-order valence-electron chi connectivity index (χ4n) is 3.85. The molecule has 13 heteroatoms. The Hall–Kier alpha value is -2.61. The van der Waals surface area contributed by atoms with E-state index in [1.807, 2.05) is 10.8 Å². The number of ether oxygens (including phenoxy) is 3. The number of hydrogen-bond donors (Lipinski definition) is 2. The third kappa shape index (κ3) is 10.6. The van der Waals surface area contributed by atoms with Crippen molar-refractivity contribution in [3.05, 3.63) is 52.3 Å². The van der Waals surface area contributed by atoms with Gasteiger partial charge in [0.15, 0.2) is 17.4 Å². The first-order valence-electron chi connectivity index (χ1n) is 13.7. The summed E-state index contributed by atoms with van der Waals surface area (Å²) in [5.74, 6) is -1.94. The van der Waals surface area contributed by atoms with E-state index in [2.05, 4.69) is 51.2 Å². The maximum atomic E-state index is 15.1. The molecule has 0 aliphatic carbocycles. The van der Waals surface area contributed by atoms with E-state index in [1.54, 1.807) is 26.8 Å². The molecule has 230 valence electrons. The van der Waals surface area contributed by atoms with Crippen LogP contribution in [0.25, 0.3) is 11.0 Å². The maximum Gasteiger partial charge on any atom is 0.407 e. The van der Waals surface area contributed by atoms with Gasteiger partial charge >= 0.3 is 6.09 Å². The van der Waals surface area contributed by atoms with Gasteiger partial charge in [0.2, 0.25) is 0 Å². The number of nitrogens with zero attached hydrogens (tertiary/aromatic N) is 2. The van der Waals surface area contributed by atoms with Crippen LogP contribution in [-0.4, -0.2) is 54.0 Å². The Morgan fingerprint density at radius 2 is 1.81 bits per heavy atom. The standard InChI is InChI=1S/C29H39BrF2N4O4SSi/c1-29(2,3)40-28(37)35-10-7-9-33-24(41)16-19-14-21(31)26(22(32)15-19)39-23-8-11-34-27-25(23)20(30)17-36(27)18-38-12-13-42(4,5)6/h8,11,14-15,17H,7,9-10,12-13,16,18H2,1-6H3,(H,33,41)(H,35,37). The Morgan fingerprint density at radius 1 is 1.14 bits per heavy atom. The van der Waals surface area contributed by atoms with Gasteiger partial charge in [-0.05, 0) is 72.9 Å². The Labute approximate surface area is 260 Å². The molecule has 0 radical (unpaired) electrons. The Bertz CT molecular complexity index is 1390. The van der Waals surface area contributed by atoms with Gasteiger partial charge in [0.05, 0.1) is 10.4 Å². The molecule has 2 N–H and O–H groups in total. The Morgan fingerprint density at radius 3 is 2.45 bits per heavy atom. The van der Waals surface area contributed by atoms with Crippen LogP contribution in [0.5, 0.6) is 11.5 Å². The largest absolute Gasteiger partial charge is 0.450 e. The first kappa shape index (κ1) is 33.9. The molecule has 0 spiro atoms. The number of nitrogens with one attached hydrogen (secondary N) is 2. The number of thiocarbonyl (C=S) groups is 1. The number of pyridine rings is 1. The van der Waals surface area contributed by atoms with Crippen molar-refractivity contribution in [2.45, 2.75) is 71.6 Å². The van der Waals surface area contributed by atoms with E-state index in [9.17, 15) is 4.79 Å². The summed E-state index contributed by atoms with van der Waals surface area (Å²) in [6.07, 6.45) is 3.60. The van der Waals surface area contributed by atoms with Gasteiger partial charge in [-0.1, -0.05) is 31.9 Å². The summed E-state index contributed by atoms with van der Waals surface area (Å²) < 4.78 is 49.4. The van der Waals surface area contributed by atoms with Crippen LogP contribution in [0.3, 0.4) is 0 Å². The minimum Gasteiger partial charge on any atom is -0.450 e. The maximum absolute atomic E-state index is 15.1. The van der Waals surface area contributed by atoms with Gasteiger partial charge in [-0.3, -0.25) is 0 Å². The summed E-state index contributed by atoms with van der Waals surface area (Å²) in [5.41, 5.74) is 0.372. The van der Waals surface area contributed by atoms with Gasteiger partial charge in [-0.2, -0.15) is 0 Å². The molecule has 0 atom stereocenters. The zero-order valence-corrected chi connectivity index (χ0v) is 28.3. The number of alkyl carbamates (subject to hydrolysis) is 1. The molecule has 2 aromatic heterocycles. The van der Waals surface area contributed by atoms with Gasteiger partial charge in [0.25, 0.3) is 0 Å². The molecule has 1 amide bonds. The molecule has 0 bridgehead atoms. The molecule has 3 aromatic rings. The number of aromatic nitrogens is 2. The molecule has 2 heterocycles. The predicted molar refractivity (Wildman–Crippen MR) is 171 cm³/mol. The van der Waals surface area contributed by atoms with Crippen molar-refractivity contribution >= 4 is 58.3 Å². The average molecular weight is 686 g/mol. The van der Waals surface area contributed by atoms with Crippen LogP contribution in [0.4, 0.5) is 13.6 Å².